The van der Waals surface area contributed by atoms with Crippen molar-refractivity contribution in [3.63, 3.8) is 0 Å². The average molecular weight is 389 g/mol. The molecule has 2 aromatic carbocycles. The van der Waals surface area contributed by atoms with Crippen molar-refractivity contribution in [3.8, 4) is 11.5 Å². The molecule has 0 heterocycles. The van der Waals surface area contributed by atoms with Crippen molar-refractivity contribution in [2.24, 2.45) is 5.14 Å². The summed E-state index contributed by atoms with van der Waals surface area (Å²) in [6, 6.07) is 5.45. The highest BCUT2D eigenvalue weighted by Crippen LogP contribution is 2.36. The number of halogens is 2. The lowest BCUT2D eigenvalue weighted by Gasteiger charge is -2.12. The van der Waals surface area contributed by atoms with Crippen molar-refractivity contribution >= 4 is 33.2 Å². The van der Waals surface area contributed by atoms with Crippen molar-refractivity contribution < 1.29 is 27.1 Å². The van der Waals surface area contributed by atoms with Gasteiger partial charge in [0.15, 0.2) is 11.5 Å². The van der Waals surface area contributed by atoms with Gasteiger partial charge in [-0.3, -0.25) is 4.79 Å². The van der Waals surface area contributed by atoms with Crippen molar-refractivity contribution in [1.29, 1.82) is 0 Å². The monoisotopic (exact) mass is 388 g/mol. The first-order valence-electron chi connectivity index (χ1n) is 6.72. The molecular weight excluding hydrogens is 375 g/mol. The van der Waals surface area contributed by atoms with Crippen LogP contribution >= 0.6 is 11.6 Å². The number of ether oxygens (including phenoxy) is 2. The molecule has 0 aliphatic rings. The van der Waals surface area contributed by atoms with Gasteiger partial charge in [0.1, 0.15) is 5.82 Å². The van der Waals surface area contributed by atoms with Gasteiger partial charge in [-0.25, -0.2) is 17.9 Å². The molecule has 0 aliphatic carbocycles. The number of primary sulfonamides is 1. The number of amides is 1. The standard InChI is InChI=1S/C15H14ClFN2O5S/c1-23-13-4-8(3-12(16)14(13)24-2)15(20)19-10-5-9(17)6-11(7-10)25(18,21)22/h3-7H,1-2H3,(H,19,20)(H2,18,21,22). The summed E-state index contributed by atoms with van der Waals surface area (Å²) in [7, 11) is -1.35. The van der Waals surface area contributed by atoms with Crippen LogP contribution in [-0.2, 0) is 10.0 Å². The van der Waals surface area contributed by atoms with Crippen LogP contribution in [0.4, 0.5) is 10.1 Å². The Morgan fingerprint density at radius 1 is 1.16 bits per heavy atom. The van der Waals surface area contributed by atoms with Crippen LogP contribution in [-0.4, -0.2) is 28.5 Å². The Labute approximate surface area is 148 Å². The Bertz CT molecular complexity index is 934. The molecule has 0 radical (unpaired) electrons. The first kappa shape index (κ1) is 19.0. The van der Waals surface area contributed by atoms with Crippen molar-refractivity contribution in [3.05, 3.63) is 46.7 Å². The second-order valence-corrected chi connectivity index (χ2v) is 6.84. The third kappa shape index (κ3) is 4.38. The van der Waals surface area contributed by atoms with Gasteiger partial charge in [0.05, 0.1) is 24.1 Å². The second-order valence-electron chi connectivity index (χ2n) is 4.87. The lowest BCUT2D eigenvalue weighted by Crippen LogP contribution is -2.15. The number of carbonyl (C=O) groups is 1. The number of hydrogen-bond acceptors (Lipinski definition) is 5. The van der Waals surface area contributed by atoms with Gasteiger partial charge < -0.3 is 14.8 Å². The molecule has 3 N–H and O–H groups in total. The fourth-order valence-corrected chi connectivity index (χ4v) is 2.91. The molecule has 134 valence electrons. The van der Waals surface area contributed by atoms with Crippen LogP contribution in [0.15, 0.2) is 35.2 Å². The molecule has 0 bridgehead atoms. The number of benzene rings is 2. The second kappa shape index (κ2) is 7.26. The summed E-state index contributed by atoms with van der Waals surface area (Å²) >= 11 is 6.03. The summed E-state index contributed by atoms with van der Waals surface area (Å²) in [5, 5.41) is 7.48. The average Bonchev–Trinajstić information content (AvgIpc) is 2.52. The van der Waals surface area contributed by atoms with E-state index in [1.54, 1.807) is 0 Å². The Balaban J connectivity index is 2.38. The Kier molecular flexibility index (Phi) is 5.51. The van der Waals surface area contributed by atoms with Crippen molar-refractivity contribution in [2.45, 2.75) is 4.90 Å². The molecule has 2 rings (SSSR count). The van der Waals surface area contributed by atoms with E-state index < -0.39 is 26.6 Å². The molecule has 7 nitrogen and oxygen atoms in total. The number of rotatable bonds is 5. The lowest BCUT2D eigenvalue weighted by molar-refractivity contribution is 0.102. The molecule has 0 aromatic heterocycles. The molecule has 0 saturated heterocycles. The third-order valence-electron chi connectivity index (χ3n) is 3.15. The number of hydrogen-bond donors (Lipinski definition) is 2. The quantitative estimate of drug-likeness (QED) is 0.817. The van der Waals surface area contributed by atoms with E-state index in [0.29, 0.717) is 0 Å². The minimum absolute atomic E-state index is 0.0834. The van der Waals surface area contributed by atoms with E-state index >= 15 is 0 Å². The smallest absolute Gasteiger partial charge is 0.255 e. The van der Waals surface area contributed by atoms with Gasteiger partial charge in [0.2, 0.25) is 10.0 Å². The SMILES string of the molecule is COc1cc(C(=O)Nc2cc(F)cc(S(N)(=O)=O)c2)cc(Cl)c1OC. The van der Waals surface area contributed by atoms with Gasteiger partial charge in [-0.15, -0.1) is 0 Å². The van der Waals surface area contributed by atoms with E-state index in [4.69, 9.17) is 26.2 Å². The molecule has 0 saturated carbocycles. The molecule has 0 aliphatic heterocycles. The topological polar surface area (TPSA) is 108 Å². The molecular formula is C15H14ClFN2O5S. The fraction of sp³-hybridized carbons (Fsp3) is 0.133. The first-order valence-corrected chi connectivity index (χ1v) is 8.64. The van der Waals surface area contributed by atoms with Crippen LogP contribution < -0.4 is 19.9 Å². The number of sulfonamides is 1. The maximum atomic E-state index is 13.6. The predicted molar refractivity (Wildman–Crippen MR) is 90.3 cm³/mol. The minimum Gasteiger partial charge on any atom is -0.493 e. The molecule has 0 unspecified atom stereocenters. The van der Waals surface area contributed by atoms with E-state index in [1.165, 1.54) is 26.4 Å². The molecule has 2 aromatic rings. The molecule has 1 amide bonds. The van der Waals surface area contributed by atoms with Gasteiger partial charge in [-0.2, -0.15) is 0 Å². The lowest BCUT2D eigenvalue weighted by atomic mass is 10.1. The fourth-order valence-electron chi connectivity index (χ4n) is 2.05. The Hall–Kier alpha value is -2.36. The Morgan fingerprint density at radius 3 is 2.40 bits per heavy atom. The largest absolute Gasteiger partial charge is 0.493 e. The third-order valence-corrected chi connectivity index (χ3v) is 4.33. The molecule has 0 fully saturated rings. The van der Waals surface area contributed by atoms with Crippen LogP contribution in [0.25, 0.3) is 0 Å². The van der Waals surface area contributed by atoms with Crippen LogP contribution in [0.2, 0.25) is 5.02 Å². The summed E-state index contributed by atoms with van der Waals surface area (Å²) in [5.41, 5.74) is 0.0176. The highest BCUT2D eigenvalue weighted by Gasteiger charge is 2.17. The van der Waals surface area contributed by atoms with Crippen LogP contribution in [0.1, 0.15) is 10.4 Å². The van der Waals surface area contributed by atoms with Crippen LogP contribution in [0.5, 0.6) is 11.5 Å². The predicted octanol–water partition coefficient (Wildman–Crippen LogP) is 2.40. The zero-order chi connectivity index (χ0) is 18.8. The molecule has 0 atom stereocenters. The van der Waals surface area contributed by atoms with E-state index in [0.717, 1.165) is 18.2 Å². The van der Waals surface area contributed by atoms with Gasteiger partial charge in [-0.05, 0) is 30.3 Å². The van der Waals surface area contributed by atoms with E-state index in [9.17, 15) is 17.6 Å². The maximum absolute atomic E-state index is 13.6. The highest BCUT2D eigenvalue weighted by atomic mass is 35.5. The molecule has 0 spiro atoms. The zero-order valence-electron chi connectivity index (χ0n) is 13.2. The number of anilines is 1. The number of methoxy groups -OCH3 is 2. The number of carbonyl (C=O) groups excluding carboxylic acids is 1. The zero-order valence-corrected chi connectivity index (χ0v) is 14.7. The van der Waals surface area contributed by atoms with Crippen molar-refractivity contribution in [2.75, 3.05) is 19.5 Å². The van der Waals surface area contributed by atoms with Gasteiger partial charge in [0, 0.05) is 11.3 Å². The number of nitrogens with one attached hydrogen (secondary N) is 1. The summed E-state index contributed by atoms with van der Waals surface area (Å²) in [4.78, 5) is 11.9. The van der Waals surface area contributed by atoms with E-state index in [1.807, 2.05) is 0 Å². The van der Waals surface area contributed by atoms with Gasteiger partial charge in [-0.1, -0.05) is 11.6 Å². The molecule has 25 heavy (non-hydrogen) atoms. The highest BCUT2D eigenvalue weighted by molar-refractivity contribution is 7.89. The normalized spacial score (nSPS) is 11.1. The first-order chi connectivity index (χ1) is 11.7. The molecule has 10 heteroatoms. The van der Waals surface area contributed by atoms with E-state index in [2.05, 4.69) is 5.32 Å². The minimum atomic E-state index is -4.12. The van der Waals surface area contributed by atoms with E-state index in [-0.39, 0.29) is 27.8 Å². The van der Waals surface area contributed by atoms with Crippen LogP contribution in [0, 0.1) is 5.82 Å². The summed E-state index contributed by atoms with van der Waals surface area (Å²) in [6.07, 6.45) is 0. The van der Waals surface area contributed by atoms with Gasteiger partial charge >= 0.3 is 0 Å². The summed E-state index contributed by atoms with van der Waals surface area (Å²) < 4.78 is 46.4. The van der Waals surface area contributed by atoms with Gasteiger partial charge in [0.25, 0.3) is 5.91 Å². The Morgan fingerprint density at radius 2 is 1.84 bits per heavy atom. The van der Waals surface area contributed by atoms with Crippen molar-refractivity contribution in [1.82, 2.24) is 0 Å². The maximum Gasteiger partial charge on any atom is 0.255 e. The van der Waals surface area contributed by atoms with Crippen LogP contribution in [0.3, 0.4) is 0 Å². The summed E-state index contributed by atoms with van der Waals surface area (Å²) in [6.45, 7) is 0. The summed E-state index contributed by atoms with van der Waals surface area (Å²) in [5.74, 6) is -1.05. The number of nitrogens with two attached hydrogens (primary N) is 1.